The first-order valence-electron chi connectivity index (χ1n) is 4.15. The smallest absolute Gasteiger partial charge is 0.406 e. The highest BCUT2D eigenvalue weighted by Crippen LogP contribution is 2.30. The van der Waals surface area contributed by atoms with Crippen LogP contribution in [0.15, 0.2) is 18.2 Å². The Balaban J connectivity index is 2.98. The van der Waals surface area contributed by atoms with Crippen LogP contribution in [0.5, 0.6) is 5.75 Å². The SMILES string of the molecule is C[C](C)c1cc(OC(F)(F)F)ccc1Cl. The molecule has 1 radical (unpaired) electrons. The Bertz CT molecular complexity index is 347. The van der Waals surface area contributed by atoms with Gasteiger partial charge in [-0.2, -0.15) is 0 Å². The quantitative estimate of drug-likeness (QED) is 0.749. The summed E-state index contributed by atoms with van der Waals surface area (Å²) < 4.78 is 39.5. The number of ether oxygens (including phenoxy) is 1. The van der Waals surface area contributed by atoms with E-state index in [1.807, 2.05) is 0 Å². The summed E-state index contributed by atoms with van der Waals surface area (Å²) in [6.07, 6.45) is -4.67. The Morgan fingerprint density at radius 1 is 1.27 bits per heavy atom. The number of alkyl halides is 3. The van der Waals surface area contributed by atoms with Gasteiger partial charge in [0.25, 0.3) is 0 Å². The molecule has 0 spiro atoms. The predicted octanol–water partition coefficient (Wildman–Crippen LogP) is 4.20. The molecule has 1 aromatic carbocycles. The minimum atomic E-state index is -4.67. The second kappa shape index (κ2) is 4.31. The van der Waals surface area contributed by atoms with E-state index in [4.69, 9.17) is 11.6 Å². The predicted molar refractivity (Wildman–Crippen MR) is 51.8 cm³/mol. The first kappa shape index (κ1) is 12.2. The van der Waals surface area contributed by atoms with E-state index in [-0.39, 0.29) is 5.75 Å². The van der Waals surface area contributed by atoms with Crippen molar-refractivity contribution in [2.45, 2.75) is 20.2 Å². The zero-order valence-electron chi connectivity index (χ0n) is 8.15. The third kappa shape index (κ3) is 3.63. The van der Waals surface area contributed by atoms with Crippen molar-refractivity contribution in [1.29, 1.82) is 0 Å². The van der Waals surface area contributed by atoms with Crippen LogP contribution in [0.2, 0.25) is 5.02 Å². The summed E-state index contributed by atoms with van der Waals surface area (Å²) in [5.41, 5.74) is 0.554. The molecule has 0 amide bonds. The highest BCUT2D eigenvalue weighted by molar-refractivity contribution is 6.31. The van der Waals surface area contributed by atoms with E-state index in [1.165, 1.54) is 18.2 Å². The second-order valence-corrected chi connectivity index (χ2v) is 3.60. The standard InChI is InChI=1S/C10H9ClF3O/c1-6(2)8-5-7(3-4-9(8)11)15-10(12,13)14/h3-5H,1-2H3. The lowest BCUT2D eigenvalue weighted by atomic mass is 10.0. The molecule has 0 saturated heterocycles. The monoisotopic (exact) mass is 237 g/mol. The van der Waals surface area contributed by atoms with Gasteiger partial charge >= 0.3 is 6.36 Å². The molecule has 0 aromatic heterocycles. The first-order chi connectivity index (χ1) is 6.79. The minimum absolute atomic E-state index is 0.261. The zero-order valence-corrected chi connectivity index (χ0v) is 8.91. The fourth-order valence-electron chi connectivity index (χ4n) is 1.08. The summed E-state index contributed by atoms with van der Waals surface area (Å²) >= 11 is 5.80. The Morgan fingerprint density at radius 3 is 2.33 bits per heavy atom. The molecule has 0 heterocycles. The van der Waals surface area contributed by atoms with Crippen molar-refractivity contribution in [3.05, 3.63) is 34.7 Å². The van der Waals surface area contributed by atoms with Gasteiger partial charge in [0, 0.05) is 10.9 Å². The van der Waals surface area contributed by atoms with Crippen molar-refractivity contribution in [3.8, 4) is 5.75 Å². The maximum atomic E-state index is 11.9. The van der Waals surface area contributed by atoms with Crippen molar-refractivity contribution >= 4 is 11.6 Å². The number of halogens is 4. The molecule has 0 N–H and O–H groups in total. The summed E-state index contributed by atoms with van der Waals surface area (Å²) in [5, 5.41) is 0.407. The molecule has 1 aromatic rings. The van der Waals surface area contributed by atoms with E-state index >= 15 is 0 Å². The summed E-state index contributed by atoms with van der Waals surface area (Å²) in [7, 11) is 0. The molecule has 1 rings (SSSR count). The lowest BCUT2D eigenvalue weighted by Gasteiger charge is -2.12. The van der Waals surface area contributed by atoms with Gasteiger partial charge in [0.15, 0.2) is 0 Å². The van der Waals surface area contributed by atoms with Crippen molar-refractivity contribution in [2.24, 2.45) is 0 Å². The molecule has 5 heteroatoms. The van der Waals surface area contributed by atoms with Gasteiger partial charge in [0.1, 0.15) is 5.75 Å². The van der Waals surface area contributed by atoms with Crippen LogP contribution >= 0.6 is 11.6 Å². The summed E-state index contributed by atoms with van der Waals surface area (Å²) in [6, 6.07) is 3.83. The van der Waals surface area contributed by atoms with Crippen molar-refractivity contribution < 1.29 is 17.9 Å². The highest BCUT2D eigenvalue weighted by atomic mass is 35.5. The van der Waals surface area contributed by atoms with E-state index in [0.29, 0.717) is 10.6 Å². The van der Waals surface area contributed by atoms with E-state index in [2.05, 4.69) is 4.74 Å². The van der Waals surface area contributed by atoms with Crippen LogP contribution in [0.25, 0.3) is 0 Å². The third-order valence-corrected chi connectivity index (χ3v) is 2.04. The Hall–Kier alpha value is -0.900. The van der Waals surface area contributed by atoms with Crippen LogP contribution in [0.1, 0.15) is 19.4 Å². The fourth-order valence-corrected chi connectivity index (χ4v) is 1.39. The molecule has 0 aliphatic rings. The first-order valence-corrected chi connectivity index (χ1v) is 4.53. The largest absolute Gasteiger partial charge is 0.573 e. The number of benzene rings is 1. The van der Waals surface area contributed by atoms with Gasteiger partial charge in [0.05, 0.1) is 0 Å². The molecule has 0 unspecified atom stereocenters. The van der Waals surface area contributed by atoms with Crippen molar-refractivity contribution in [1.82, 2.24) is 0 Å². The maximum absolute atomic E-state index is 11.9. The average Bonchev–Trinajstić information content (AvgIpc) is 2.05. The molecule has 1 nitrogen and oxygen atoms in total. The highest BCUT2D eigenvalue weighted by Gasteiger charge is 2.31. The van der Waals surface area contributed by atoms with Crippen molar-refractivity contribution in [2.75, 3.05) is 0 Å². The van der Waals surface area contributed by atoms with E-state index in [0.717, 1.165) is 5.92 Å². The van der Waals surface area contributed by atoms with Gasteiger partial charge in [-0.15, -0.1) is 13.2 Å². The van der Waals surface area contributed by atoms with Gasteiger partial charge in [-0.1, -0.05) is 25.4 Å². The molecule has 0 aliphatic carbocycles. The second-order valence-electron chi connectivity index (χ2n) is 3.19. The Morgan fingerprint density at radius 2 is 1.87 bits per heavy atom. The average molecular weight is 238 g/mol. The van der Waals surface area contributed by atoms with Gasteiger partial charge in [-0.05, 0) is 23.8 Å². The summed E-state index contributed by atoms with van der Waals surface area (Å²) in [6.45, 7) is 3.52. The topological polar surface area (TPSA) is 9.23 Å². The fraction of sp³-hybridized carbons (Fsp3) is 0.300. The number of rotatable bonds is 2. The van der Waals surface area contributed by atoms with Crippen LogP contribution in [0.3, 0.4) is 0 Å². The van der Waals surface area contributed by atoms with E-state index in [9.17, 15) is 13.2 Å². The van der Waals surface area contributed by atoms with Crippen LogP contribution < -0.4 is 4.74 Å². The van der Waals surface area contributed by atoms with Crippen molar-refractivity contribution in [3.63, 3.8) is 0 Å². The summed E-state index contributed by atoms with van der Waals surface area (Å²) in [4.78, 5) is 0. The van der Waals surface area contributed by atoms with Gasteiger partial charge in [-0.25, -0.2) is 0 Å². The normalized spacial score (nSPS) is 11.9. The Kier molecular flexibility index (Phi) is 3.50. The molecule has 0 saturated carbocycles. The molecule has 0 fully saturated rings. The molecular formula is C10H9ClF3O. The minimum Gasteiger partial charge on any atom is -0.406 e. The number of hydrogen-bond donors (Lipinski definition) is 0. The molecule has 83 valence electrons. The molecule has 0 atom stereocenters. The van der Waals surface area contributed by atoms with E-state index in [1.54, 1.807) is 13.8 Å². The van der Waals surface area contributed by atoms with Crippen LogP contribution in [0, 0.1) is 5.92 Å². The van der Waals surface area contributed by atoms with Crippen LogP contribution in [0.4, 0.5) is 13.2 Å². The summed E-state index contributed by atoms with van der Waals surface area (Å²) in [5.74, 6) is 0.565. The van der Waals surface area contributed by atoms with Gasteiger partial charge < -0.3 is 4.74 Å². The molecule has 15 heavy (non-hydrogen) atoms. The van der Waals surface area contributed by atoms with Crippen LogP contribution in [-0.2, 0) is 0 Å². The molecule has 0 aliphatic heterocycles. The third-order valence-electron chi connectivity index (χ3n) is 1.71. The zero-order chi connectivity index (χ0) is 11.6. The number of hydrogen-bond acceptors (Lipinski definition) is 1. The Labute approximate surface area is 90.8 Å². The van der Waals surface area contributed by atoms with Crippen LogP contribution in [-0.4, -0.2) is 6.36 Å². The van der Waals surface area contributed by atoms with E-state index < -0.39 is 6.36 Å². The van der Waals surface area contributed by atoms with Gasteiger partial charge in [-0.3, -0.25) is 0 Å². The molecule has 0 bridgehead atoms. The van der Waals surface area contributed by atoms with Gasteiger partial charge in [0.2, 0.25) is 0 Å². The maximum Gasteiger partial charge on any atom is 0.573 e. The lowest BCUT2D eigenvalue weighted by Crippen LogP contribution is -2.17. The lowest BCUT2D eigenvalue weighted by molar-refractivity contribution is -0.274. The molecular weight excluding hydrogens is 229 g/mol.